The topological polar surface area (TPSA) is 106 Å². The first-order valence-corrected chi connectivity index (χ1v) is 9.02. The maximum Gasteiger partial charge on any atom is 0.242 e. The summed E-state index contributed by atoms with van der Waals surface area (Å²) in [4.78, 5) is 29.4. The Bertz CT molecular complexity index is 815. The molecule has 10 heteroatoms. The van der Waals surface area contributed by atoms with Crippen LogP contribution >= 0.6 is 0 Å². The average molecular weight is 376 g/mol. The highest BCUT2D eigenvalue weighted by Crippen LogP contribution is 2.31. The molecular weight excluding hydrogens is 352 g/mol. The number of anilines is 1. The number of aliphatic hydroxyl groups excluding tert-OH is 1. The quantitative estimate of drug-likeness (QED) is 0.665. The highest BCUT2D eigenvalue weighted by Gasteiger charge is 2.39. The molecule has 10 nitrogen and oxygen atoms in total. The molecule has 0 bridgehead atoms. The lowest BCUT2D eigenvalue weighted by Crippen LogP contribution is -2.51. The Morgan fingerprint density at radius 1 is 1.30 bits per heavy atom. The third-order valence-electron chi connectivity index (χ3n) is 5.22. The van der Waals surface area contributed by atoms with Gasteiger partial charge in [0.1, 0.15) is 6.33 Å². The number of hydrogen-bond donors (Lipinski definition) is 1. The summed E-state index contributed by atoms with van der Waals surface area (Å²) < 4.78 is 12.3. The lowest BCUT2D eigenvalue weighted by atomic mass is 9.87. The van der Waals surface area contributed by atoms with Crippen LogP contribution < -0.4 is 4.90 Å². The van der Waals surface area contributed by atoms with Crippen molar-refractivity contribution in [3.63, 3.8) is 0 Å². The van der Waals surface area contributed by atoms with Crippen LogP contribution in [0.4, 0.5) is 5.82 Å². The summed E-state index contributed by atoms with van der Waals surface area (Å²) in [5, 5.41) is 9.68. The van der Waals surface area contributed by atoms with E-state index in [-0.39, 0.29) is 24.5 Å². The average Bonchev–Trinajstić information content (AvgIpc) is 3.06. The van der Waals surface area contributed by atoms with Crippen LogP contribution in [-0.2, 0) is 20.8 Å². The predicted octanol–water partition coefficient (Wildman–Crippen LogP) is -0.870. The van der Waals surface area contributed by atoms with Gasteiger partial charge in [-0.05, 0) is 0 Å². The number of rotatable bonds is 7. The van der Waals surface area contributed by atoms with Crippen molar-refractivity contribution in [3.8, 4) is 0 Å². The van der Waals surface area contributed by atoms with E-state index in [1.165, 1.54) is 6.33 Å². The van der Waals surface area contributed by atoms with E-state index in [0.717, 1.165) is 0 Å². The molecule has 0 spiro atoms. The van der Waals surface area contributed by atoms with Gasteiger partial charge in [-0.2, -0.15) is 0 Å². The standard InChI is InChI=1S/C17H24N6O4/c1-26-5-4-21-2-3-22(6-13(21)25)15-14-16(19-11-18-15)23(12-20-14)7-17(8-24)9-27-10-17/h11-12,24H,2-10H2,1H3. The van der Waals surface area contributed by atoms with Gasteiger partial charge >= 0.3 is 0 Å². The van der Waals surface area contributed by atoms with Crippen molar-refractivity contribution < 1.29 is 19.4 Å². The van der Waals surface area contributed by atoms with Gasteiger partial charge in [-0.3, -0.25) is 4.79 Å². The van der Waals surface area contributed by atoms with Gasteiger partial charge in [-0.15, -0.1) is 0 Å². The second kappa shape index (κ2) is 7.37. The van der Waals surface area contributed by atoms with Crippen molar-refractivity contribution >= 4 is 22.9 Å². The minimum absolute atomic E-state index is 0.0512. The molecule has 0 radical (unpaired) electrons. The fourth-order valence-electron chi connectivity index (χ4n) is 3.53. The van der Waals surface area contributed by atoms with Crippen LogP contribution in [-0.4, -0.2) is 95.1 Å². The number of aromatic nitrogens is 4. The molecule has 0 aliphatic carbocycles. The van der Waals surface area contributed by atoms with E-state index in [9.17, 15) is 9.90 Å². The fraction of sp³-hybridized carbons (Fsp3) is 0.647. The van der Waals surface area contributed by atoms with E-state index in [2.05, 4.69) is 15.0 Å². The van der Waals surface area contributed by atoms with Gasteiger partial charge in [0, 0.05) is 33.3 Å². The molecule has 2 fully saturated rings. The number of hydrogen-bond acceptors (Lipinski definition) is 8. The normalized spacial score (nSPS) is 19.6. The number of amides is 1. The maximum absolute atomic E-state index is 12.4. The van der Waals surface area contributed by atoms with Crippen LogP contribution in [0.3, 0.4) is 0 Å². The SMILES string of the molecule is COCCN1CCN(c2ncnc3c2ncn3CC2(CO)COC2)CC1=O. The highest BCUT2D eigenvalue weighted by molar-refractivity contribution is 5.88. The van der Waals surface area contributed by atoms with Crippen molar-refractivity contribution in [3.05, 3.63) is 12.7 Å². The van der Waals surface area contributed by atoms with E-state index in [1.54, 1.807) is 18.3 Å². The highest BCUT2D eigenvalue weighted by atomic mass is 16.5. The van der Waals surface area contributed by atoms with Gasteiger partial charge in [0.25, 0.3) is 0 Å². The zero-order valence-electron chi connectivity index (χ0n) is 15.4. The monoisotopic (exact) mass is 376 g/mol. The van der Waals surface area contributed by atoms with Crippen molar-refractivity contribution in [1.29, 1.82) is 0 Å². The second-order valence-electron chi connectivity index (χ2n) is 7.19. The number of methoxy groups -OCH3 is 1. The number of piperazine rings is 1. The molecule has 4 rings (SSSR count). The van der Waals surface area contributed by atoms with E-state index < -0.39 is 0 Å². The summed E-state index contributed by atoms with van der Waals surface area (Å²) in [7, 11) is 1.63. The van der Waals surface area contributed by atoms with Gasteiger partial charge in [-0.25, -0.2) is 15.0 Å². The zero-order chi connectivity index (χ0) is 18.9. The molecule has 146 valence electrons. The number of fused-ring (bicyclic) bond motifs is 1. The number of carbonyl (C=O) groups excluding carboxylic acids is 1. The Labute approximate surface area is 156 Å². The summed E-state index contributed by atoms with van der Waals surface area (Å²) in [6.07, 6.45) is 3.22. The Morgan fingerprint density at radius 2 is 2.15 bits per heavy atom. The van der Waals surface area contributed by atoms with Crippen LogP contribution in [0.25, 0.3) is 11.2 Å². The van der Waals surface area contributed by atoms with Crippen molar-refractivity contribution in [2.75, 3.05) is 64.6 Å². The number of aliphatic hydroxyl groups is 1. The van der Waals surface area contributed by atoms with Gasteiger partial charge in [0.2, 0.25) is 5.91 Å². The molecule has 4 heterocycles. The van der Waals surface area contributed by atoms with E-state index in [0.29, 0.717) is 63.0 Å². The molecule has 0 atom stereocenters. The fourth-order valence-corrected chi connectivity index (χ4v) is 3.53. The molecule has 1 N–H and O–H groups in total. The molecule has 2 saturated heterocycles. The molecular formula is C17H24N6O4. The van der Waals surface area contributed by atoms with Crippen LogP contribution in [0.1, 0.15) is 0 Å². The molecule has 0 saturated carbocycles. The minimum atomic E-state index is -0.276. The number of imidazole rings is 1. The summed E-state index contributed by atoms with van der Waals surface area (Å²) in [6, 6.07) is 0. The first-order chi connectivity index (χ1) is 13.2. The molecule has 0 unspecified atom stereocenters. The van der Waals surface area contributed by atoms with Crippen LogP contribution in [0.5, 0.6) is 0 Å². The lowest BCUT2D eigenvalue weighted by Gasteiger charge is -2.40. The van der Waals surface area contributed by atoms with Crippen LogP contribution in [0.2, 0.25) is 0 Å². The summed E-state index contributed by atoms with van der Waals surface area (Å²) >= 11 is 0. The Balaban J connectivity index is 1.54. The van der Waals surface area contributed by atoms with Gasteiger partial charge in [0.05, 0.1) is 44.7 Å². The second-order valence-corrected chi connectivity index (χ2v) is 7.19. The van der Waals surface area contributed by atoms with Gasteiger partial charge < -0.3 is 28.9 Å². The largest absolute Gasteiger partial charge is 0.396 e. The van der Waals surface area contributed by atoms with E-state index in [1.807, 2.05) is 9.47 Å². The van der Waals surface area contributed by atoms with Gasteiger partial charge in [-0.1, -0.05) is 0 Å². The summed E-state index contributed by atoms with van der Waals surface area (Å²) in [5.74, 6) is 0.719. The summed E-state index contributed by atoms with van der Waals surface area (Å²) in [5.41, 5.74) is 1.10. The number of carbonyl (C=O) groups is 1. The maximum atomic E-state index is 12.4. The number of nitrogens with zero attached hydrogens (tertiary/aromatic N) is 6. The van der Waals surface area contributed by atoms with E-state index >= 15 is 0 Å². The van der Waals surface area contributed by atoms with Crippen molar-refractivity contribution in [2.24, 2.45) is 5.41 Å². The minimum Gasteiger partial charge on any atom is -0.396 e. The first-order valence-electron chi connectivity index (χ1n) is 9.02. The molecule has 2 aliphatic heterocycles. The molecule has 1 amide bonds. The first kappa shape index (κ1) is 18.1. The smallest absolute Gasteiger partial charge is 0.242 e. The third kappa shape index (κ3) is 3.35. The lowest BCUT2D eigenvalue weighted by molar-refractivity contribution is -0.144. The predicted molar refractivity (Wildman–Crippen MR) is 96.3 cm³/mol. The van der Waals surface area contributed by atoms with E-state index in [4.69, 9.17) is 9.47 Å². The van der Waals surface area contributed by atoms with Crippen molar-refractivity contribution in [1.82, 2.24) is 24.4 Å². The Kier molecular flexibility index (Phi) is 4.94. The van der Waals surface area contributed by atoms with Gasteiger partial charge in [0.15, 0.2) is 17.0 Å². The zero-order valence-corrected chi connectivity index (χ0v) is 15.4. The molecule has 27 heavy (non-hydrogen) atoms. The third-order valence-corrected chi connectivity index (χ3v) is 5.22. The Hall–Kier alpha value is -2.30. The molecule has 2 aromatic rings. The van der Waals surface area contributed by atoms with Crippen LogP contribution in [0, 0.1) is 5.41 Å². The number of ether oxygens (including phenoxy) is 2. The van der Waals surface area contributed by atoms with Crippen molar-refractivity contribution in [2.45, 2.75) is 6.54 Å². The summed E-state index contributed by atoms with van der Waals surface area (Å²) in [6.45, 7) is 4.40. The molecule has 0 aromatic carbocycles. The Morgan fingerprint density at radius 3 is 2.81 bits per heavy atom. The molecule has 2 aromatic heterocycles. The molecule has 2 aliphatic rings. The van der Waals surface area contributed by atoms with Crippen LogP contribution in [0.15, 0.2) is 12.7 Å².